The van der Waals surface area contributed by atoms with E-state index in [1.165, 1.54) is 6.07 Å². The number of aliphatic hydroxyl groups excluding tert-OH is 1. The fraction of sp³-hybridized carbons (Fsp3) is 0.467. The second-order valence-electron chi connectivity index (χ2n) is 5.48. The first kappa shape index (κ1) is 18.7. The Balaban J connectivity index is 2.78. The largest absolute Gasteiger partial charge is 0.480 e. The van der Waals surface area contributed by atoms with Gasteiger partial charge in [0.2, 0.25) is 5.91 Å². The molecule has 1 rings (SSSR count). The molecule has 0 bridgehead atoms. The Morgan fingerprint density at radius 2 is 1.91 bits per heavy atom. The molecular weight excluding hydrogens is 329 g/mol. The van der Waals surface area contributed by atoms with Gasteiger partial charge in [-0.3, -0.25) is 4.79 Å². The molecule has 0 aliphatic carbocycles. The number of carbonyl (C=O) groups is 2. The average Bonchev–Trinajstić information content (AvgIpc) is 2.39. The zero-order valence-electron chi connectivity index (χ0n) is 12.3. The summed E-state index contributed by atoms with van der Waals surface area (Å²) in [6.45, 7) is 3.72. The molecule has 22 heavy (non-hydrogen) atoms. The van der Waals surface area contributed by atoms with Gasteiger partial charge in [-0.1, -0.05) is 43.1 Å². The number of benzene rings is 1. The fourth-order valence-electron chi connectivity index (χ4n) is 1.93. The van der Waals surface area contributed by atoms with Gasteiger partial charge in [-0.2, -0.15) is 0 Å². The Bertz CT molecular complexity index is 548. The van der Waals surface area contributed by atoms with Crippen LogP contribution in [0.4, 0.5) is 0 Å². The molecule has 1 aromatic rings. The van der Waals surface area contributed by atoms with Gasteiger partial charge in [0, 0.05) is 16.5 Å². The molecule has 1 aromatic carbocycles. The monoisotopic (exact) mass is 347 g/mol. The summed E-state index contributed by atoms with van der Waals surface area (Å²) in [5, 5.41) is 22.1. The Morgan fingerprint density at radius 1 is 1.27 bits per heavy atom. The highest BCUT2D eigenvalue weighted by atomic mass is 35.5. The Kier molecular flexibility index (Phi) is 7.13. The number of aliphatic carboxylic acids is 1. The maximum Gasteiger partial charge on any atom is 0.326 e. The van der Waals surface area contributed by atoms with Crippen LogP contribution in [0, 0.1) is 5.92 Å². The van der Waals surface area contributed by atoms with Crippen molar-refractivity contribution >= 4 is 35.1 Å². The highest BCUT2D eigenvalue weighted by Crippen LogP contribution is 2.22. The predicted octanol–water partition coefficient (Wildman–Crippen LogP) is 2.51. The van der Waals surface area contributed by atoms with Gasteiger partial charge in [0.15, 0.2) is 0 Å². The molecule has 2 atom stereocenters. The minimum absolute atomic E-state index is 0.00543. The van der Waals surface area contributed by atoms with E-state index in [4.69, 9.17) is 23.2 Å². The number of hydrogen-bond donors (Lipinski definition) is 3. The molecule has 0 unspecified atom stereocenters. The number of carboxylic acids is 1. The molecule has 3 N–H and O–H groups in total. The van der Waals surface area contributed by atoms with Crippen molar-refractivity contribution in [2.75, 3.05) is 0 Å². The molecule has 1 amide bonds. The molecule has 5 nitrogen and oxygen atoms in total. The van der Waals surface area contributed by atoms with E-state index < -0.39 is 24.0 Å². The Hall–Kier alpha value is -1.30. The van der Waals surface area contributed by atoms with E-state index in [9.17, 15) is 19.8 Å². The summed E-state index contributed by atoms with van der Waals surface area (Å²) in [6.07, 6.45) is -0.965. The first-order valence-electron chi connectivity index (χ1n) is 6.86. The number of rotatable bonds is 7. The first-order valence-corrected chi connectivity index (χ1v) is 7.61. The summed E-state index contributed by atoms with van der Waals surface area (Å²) >= 11 is 11.8. The highest BCUT2D eigenvalue weighted by molar-refractivity contribution is 6.35. The van der Waals surface area contributed by atoms with Crippen molar-refractivity contribution in [1.82, 2.24) is 5.32 Å². The van der Waals surface area contributed by atoms with E-state index in [1.807, 2.05) is 13.8 Å². The molecule has 122 valence electrons. The predicted molar refractivity (Wildman–Crippen MR) is 85.2 cm³/mol. The molecule has 0 heterocycles. The van der Waals surface area contributed by atoms with E-state index >= 15 is 0 Å². The summed E-state index contributed by atoms with van der Waals surface area (Å²) in [4.78, 5) is 23.1. The van der Waals surface area contributed by atoms with Crippen LogP contribution in [0.15, 0.2) is 18.2 Å². The van der Waals surface area contributed by atoms with Crippen molar-refractivity contribution in [2.45, 2.75) is 38.8 Å². The Morgan fingerprint density at radius 3 is 2.41 bits per heavy atom. The normalized spacial score (nSPS) is 13.7. The third-order valence-corrected chi connectivity index (χ3v) is 3.64. The summed E-state index contributed by atoms with van der Waals surface area (Å²) in [7, 11) is 0. The summed E-state index contributed by atoms with van der Waals surface area (Å²) in [6, 6.07) is 3.54. The van der Waals surface area contributed by atoms with E-state index in [0.29, 0.717) is 15.6 Å². The van der Waals surface area contributed by atoms with Crippen LogP contribution in [0.25, 0.3) is 0 Å². The number of carboxylic acid groups (broad SMARTS) is 1. The molecular formula is C15H19Cl2NO4. The third-order valence-electron chi connectivity index (χ3n) is 3.05. The van der Waals surface area contributed by atoms with Gasteiger partial charge < -0.3 is 15.5 Å². The average molecular weight is 348 g/mol. The third kappa shape index (κ3) is 5.83. The molecule has 0 aromatic heterocycles. The topological polar surface area (TPSA) is 86.6 Å². The molecule has 0 saturated heterocycles. The van der Waals surface area contributed by atoms with Crippen LogP contribution in [-0.4, -0.2) is 34.2 Å². The van der Waals surface area contributed by atoms with Gasteiger partial charge in [0.1, 0.15) is 12.1 Å². The van der Waals surface area contributed by atoms with Crippen LogP contribution in [0.3, 0.4) is 0 Å². The van der Waals surface area contributed by atoms with Gasteiger partial charge >= 0.3 is 5.97 Å². The minimum atomic E-state index is -1.23. The zero-order chi connectivity index (χ0) is 16.9. The van der Waals surface area contributed by atoms with Crippen molar-refractivity contribution in [1.29, 1.82) is 0 Å². The second-order valence-corrected chi connectivity index (χ2v) is 6.33. The smallest absolute Gasteiger partial charge is 0.326 e. The number of amides is 1. The molecule has 0 fully saturated rings. The molecule has 0 saturated carbocycles. The van der Waals surface area contributed by atoms with Gasteiger partial charge in [0.05, 0.1) is 0 Å². The maximum atomic E-state index is 11.8. The van der Waals surface area contributed by atoms with Crippen LogP contribution < -0.4 is 5.32 Å². The van der Waals surface area contributed by atoms with Crippen LogP contribution in [0.5, 0.6) is 0 Å². The number of nitrogens with one attached hydrogen (secondary N) is 1. The maximum absolute atomic E-state index is 11.8. The second kappa shape index (κ2) is 8.36. The highest BCUT2D eigenvalue weighted by Gasteiger charge is 2.25. The minimum Gasteiger partial charge on any atom is -0.480 e. The fourth-order valence-corrected chi connectivity index (χ4v) is 2.41. The number of halogens is 2. The molecule has 7 heteroatoms. The van der Waals surface area contributed by atoms with Crippen molar-refractivity contribution in [3.05, 3.63) is 33.8 Å². The van der Waals surface area contributed by atoms with Gasteiger partial charge in [-0.05, 0) is 30.0 Å². The lowest BCUT2D eigenvalue weighted by Crippen LogP contribution is -2.47. The number of aliphatic hydroxyl groups is 1. The van der Waals surface area contributed by atoms with Crippen LogP contribution in [-0.2, 0) is 16.0 Å². The van der Waals surface area contributed by atoms with Crippen LogP contribution in [0.2, 0.25) is 10.0 Å². The van der Waals surface area contributed by atoms with Crippen molar-refractivity contribution < 1.29 is 19.8 Å². The molecule has 0 aliphatic heterocycles. The van der Waals surface area contributed by atoms with Crippen LogP contribution in [0.1, 0.15) is 25.8 Å². The zero-order valence-corrected chi connectivity index (χ0v) is 13.9. The number of carbonyl (C=O) groups excluding carboxylic acids is 1. The summed E-state index contributed by atoms with van der Waals surface area (Å²) in [5.74, 6) is -1.78. The summed E-state index contributed by atoms with van der Waals surface area (Å²) in [5.41, 5.74) is 0.553. The van der Waals surface area contributed by atoms with Crippen molar-refractivity contribution in [3.8, 4) is 0 Å². The van der Waals surface area contributed by atoms with E-state index in [2.05, 4.69) is 5.32 Å². The van der Waals surface area contributed by atoms with Gasteiger partial charge in [-0.25, -0.2) is 4.79 Å². The van der Waals surface area contributed by atoms with Crippen LogP contribution >= 0.6 is 23.2 Å². The SMILES string of the molecule is CC(C)C[C@H](O)C(=O)N[C@H](Cc1ccc(Cl)cc1Cl)C(=O)O. The Labute approximate surface area is 139 Å². The van der Waals surface area contributed by atoms with E-state index in [0.717, 1.165) is 0 Å². The molecule has 0 spiro atoms. The quantitative estimate of drug-likeness (QED) is 0.707. The summed E-state index contributed by atoms with van der Waals surface area (Å²) < 4.78 is 0. The van der Waals surface area contributed by atoms with Gasteiger partial charge in [-0.15, -0.1) is 0 Å². The number of hydrogen-bond acceptors (Lipinski definition) is 3. The lowest BCUT2D eigenvalue weighted by atomic mass is 10.0. The molecule has 0 radical (unpaired) electrons. The lowest BCUT2D eigenvalue weighted by Gasteiger charge is -2.19. The van der Waals surface area contributed by atoms with Crippen molar-refractivity contribution in [2.24, 2.45) is 5.92 Å². The van der Waals surface area contributed by atoms with Gasteiger partial charge in [0.25, 0.3) is 0 Å². The van der Waals surface area contributed by atoms with E-state index in [1.54, 1.807) is 12.1 Å². The lowest BCUT2D eigenvalue weighted by molar-refractivity contribution is -0.143. The molecule has 0 aliphatic rings. The van der Waals surface area contributed by atoms with Crippen molar-refractivity contribution in [3.63, 3.8) is 0 Å². The van der Waals surface area contributed by atoms with E-state index in [-0.39, 0.29) is 18.8 Å². The standard InChI is InChI=1S/C15H19Cl2NO4/c1-8(2)5-13(19)14(20)18-12(15(21)22)6-9-3-4-10(16)7-11(9)17/h3-4,7-8,12-13,19H,5-6H2,1-2H3,(H,18,20)(H,21,22)/t12-,13+/m1/s1. The first-order chi connectivity index (χ1) is 10.2.